The summed E-state index contributed by atoms with van der Waals surface area (Å²) in [6.45, 7) is 0. The average molecular weight is 262 g/mol. The van der Waals surface area contributed by atoms with E-state index in [1.165, 1.54) is 11.3 Å². The molecule has 0 unspecified atom stereocenters. The van der Waals surface area contributed by atoms with E-state index in [1.54, 1.807) is 6.20 Å². The van der Waals surface area contributed by atoms with Gasteiger partial charge >= 0.3 is 5.97 Å². The standard InChI is InChI=1S/C8H8BrNO2S/c9-5-4-10-6(13-5)8(7(11)12)2-1-3-8/h4H,1-3H2,(H,11,12). The normalized spacial score (nSPS) is 19.5. The average Bonchev–Trinajstić information content (AvgIpc) is 2.32. The molecule has 0 saturated heterocycles. The van der Waals surface area contributed by atoms with Crippen LogP contribution < -0.4 is 0 Å². The molecule has 0 radical (unpaired) electrons. The highest BCUT2D eigenvalue weighted by atomic mass is 79.9. The third-order valence-electron chi connectivity index (χ3n) is 2.50. The molecule has 1 aromatic heterocycles. The molecule has 0 amide bonds. The first-order valence-electron chi connectivity index (χ1n) is 4.00. The van der Waals surface area contributed by atoms with Gasteiger partial charge in [-0.2, -0.15) is 0 Å². The monoisotopic (exact) mass is 261 g/mol. The summed E-state index contributed by atoms with van der Waals surface area (Å²) in [5.41, 5.74) is -0.670. The summed E-state index contributed by atoms with van der Waals surface area (Å²) in [5.74, 6) is -0.736. The van der Waals surface area contributed by atoms with Crippen molar-refractivity contribution in [2.24, 2.45) is 0 Å². The molecule has 2 rings (SSSR count). The zero-order chi connectivity index (χ0) is 9.47. The molecule has 0 spiro atoms. The minimum absolute atomic E-state index is 0.670. The van der Waals surface area contributed by atoms with E-state index >= 15 is 0 Å². The Kier molecular flexibility index (Phi) is 2.15. The molecule has 70 valence electrons. The van der Waals surface area contributed by atoms with Crippen molar-refractivity contribution in [2.45, 2.75) is 24.7 Å². The number of carboxylic acids is 1. The SMILES string of the molecule is O=C(O)C1(c2ncc(Br)s2)CCC1. The molecule has 1 N–H and O–H groups in total. The molecule has 1 aliphatic carbocycles. The number of aromatic nitrogens is 1. The number of hydrogen-bond donors (Lipinski definition) is 1. The number of carboxylic acid groups (broad SMARTS) is 1. The van der Waals surface area contributed by atoms with E-state index < -0.39 is 11.4 Å². The topological polar surface area (TPSA) is 50.2 Å². The van der Waals surface area contributed by atoms with Crippen LogP contribution in [0.3, 0.4) is 0 Å². The maximum absolute atomic E-state index is 11.1. The van der Waals surface area contributed by atoms with Crippen molar-refractivity contribution in [1.82, 2.24) is 4.98 Å². The first-order valence-corrected chi connectivity index (χ1v) is 5.61. The van der Waals surface area contributed by atoms with Gasteiger partial charge in [0.25, 0.3) is 0 Å². The van der Waals surface area contributed by atoms with Gasteiger partial charge < -0.3 is 5.11 Å². The third-order valence-corrected chi connectivity index (χ3v) is 4.18. The van der Waals surface area contributed by atoms with Crippen LogP contribution in [0.15, 0.2) is 9.98 Å². The quantitative estimate of drug-likeness (QED) is 0.890. The molecular weight excluding hydrogens is 254 g/mol. The Morgan fingerprint density at radius 2 is 2.38 bits per heavy atom. The molecule has 1 aromatic rings. The maximum Gasteiger partial charge on any atom is 0.316 e. The molecular formula is C8H8BrNO2S. The highest BCUT2D eigenvalue weighted by Crippen LogP contribution is 2.45. The predicted octanol–water partition coefficient (Wildman–Crippen LogP) is 2.41. The summed E-state index contributed by atoms with van der Waals surface area (Å²) in [4.78, 5) is 15.2. The van der Waals surface area contributed by atoms with Crippen LogP contribution in [-0.4, -0.2) is 16.1 Å². The fourth-order valence-electron chi connectivity index (χ4n) is 1.53. The van der Waals surface area contributed by atoms with Crippen LogP contribution >= 0.6 is 27.3 Å². The van der Waals surface area contributed by atoms with Crippen molar-refractivity contribution in [3.8, 4) is 0 Å². The van der Waals surface area contributed by atoms with Gasteiger partial charge in [-0.15, -0.1) is 11.3 Å². The van der Waals surface area contributed by atoms with Crippen LogP contribution in [-0.2, 0) is 10.2 Å². The van der Waals surface area contributed by atoms with E-state index in [2.05, 4.69) is 20.9 Å². The van der Waals surface area contributed by atoms with E-state index in [0.29, 0.717) is 0 Å². The highest BCUT2D eigenvalue weighted by molar-refractivity contribution is 9.11. The number of aliphatic carboxylic acids is 1. The van der Waals surface area contributed by atoms with Crippen molar-refractivity contribution in [3.63, 3.8) is 0 Å². The Hall–Kier alpha value is -0.420. The Morgan fingerprint density at radius 1 is 1.69 bits per heavy atom. The van der Waals surface area contributed by atoms with Crippen molar-refractivity contribution >= 4 is 33.2 Å². The lowest BCUT2D eigenvalue weighted by atomic mass is 9.69. The first kappa shape index (κ1) is 9.15. The Morgan fingerprint density at radius 3 is 2.69 bits per heavy atom. The summed E-state index contributed by atoms with van der Waals surface area (Å²) >= 11 is 4.71. The van der Waals surface area contributed by atoms with Crippen LogP contribution in [0.25, 0.3) is 0 Å². The Bertz CT molecular complexity index is 346. The number of nitrogens with zero attached hydrogens (tertiary/aromatic N) is 1. The molecule has 1 aliphatic rings. The lowest BCUT2D eigenvalue weighted by Gasteiger charge is -2.35. The number of halogens is 1. The van der Waals surface area contributed by atoms with E-state index in [0.717, 1.165) is 28.1 Å². The third kappa shape index (κ3) is 1.30. The van der Waals surface area contributed by atoms with Gasteiger partial charge in [-0.1, -0.05) is 6.42 Å². The molecule has 0 aliphatic heterocycles. The smallest absolute Gasteiger partial charge is 0.316 e. The van der Waals surface area contributed by atoms with Crippen LogP contribution in [0.2, 0.25) is 0 Å². The number of thiazole rings is 1. The zero-order valence-corrected chi connectivity index (χ0v) is 9.19. The molecule has 0 aromatic carbocycles. The second-order valence-electron chi connectivity index (χ2n) is 3.21. The molecule has 13 heavy (non-hydrogen) atoms. The van der Waals surface area contributed by atoms with Crippen molar-refractivity contribution < 1.29 is 9.90 Å². The van der Waals surface area contributed by atoms with Crippen LogP contribution in [0.5, 0.6) is 0 Å². The van der Waals surface area contributed by atoms with Gasteiger partial charge in [0.05, 0.1) is 9.98 Å². The Balaban J connectivity index is 2.37. The Labute approximate surface area is 87.9 Å². The second kappa shape index (κ2) is 3.06. The lowest BCUT2D eigenvalue weighted by molar-refractivity contribution is -0.147. The van der Waals surface area contributed by atoms with E-state index in [4.69, 9.17) is 5.11 Å². The predicted molar refractivity (Wildman–Crippen MR) is 53.0 cm³/mol. The number of rotatable bonds is 2. The fraction of sp³-hybridized carbons (Fsp3) is 0.500. The fourth-order valence-corrected chi connectivity index (χ4v) is 2.97. The molecule has 5 heteroatoms. The molecule has 1 heterocycles. The van der Waals surface area contributed by atoms with E-state index in [-0.39, 0.29) is 0 Å². The van der Waals surface area contributed by atoms with Crippen molar-refractivity contribution in [1.29, 1.82) is 0 Å². The van der Waals surface area contributed by atoms with Gasteiger partial charge in [0.1, 0.15) is 10.4 Å². The molecule has 3 nitrogen and oxygen atoms in total. The summed E-state index contributed by atoms with van der Waals surface area (Å²) in [6.07, 6.45) is 4.11. The summed E-state index contributed by atoms with van der Waals surface area (Å²) in [6, 6.07) is 0. The van der Waals surface area contributed by atoms with Crippen molar-refractivity contribution in [2.75, 3.05) is 0 Å². The second-order valence-corrected chi connectivity index (χ2v) is 5.62. The largest absolute Gasteiger partial charge is 0.481 e. The minimum Gasteiger partial charge on any atom is -0.481 e. The minimum atomic E-state index is -0.736. The first-order chi connectivity index (χ1) is 6.15. The van der Waals surface area contributed by atoms with E-state index in [9.17, 15) is 4.79 Å². The van der Waals surface area contributed by atoms with Gasteiger partial charge in [-0.25, -0.2) is 4.98 Å². The molecule has 0 bridgehead atoms. The van der Waals surface area contributed by atoms with Gasteiger partial charge in [-0.05, 0) is 28.8 Å². The van der Waals surface area contributed by atoms with E-state index in [1.807, 2.05) is 0 Å². The lowest BCUT2D eigenvalue weighted by Crippen LogP contribution is -2.42. The molecule has 1 fully saturated rings. The highest BCUT2D eigenvalue weighted by Gasteiger charge is 2.48. The van der Waals surface area contributed by atoms with Crippen molar-refractivity contribution in [3.05, 3.63) is 15.0 Å². The van der Waals surface area contributed by atoms with Gasteiger partial charge in [-0.3, -0.25) is 4.79 Å². The van der Waals surface area contributed by atoms with Gasteiger partial charge in [0.15, 0.2) is 0 Å². The van der Waals surface area contributed by atoms with Crippen LogP contribution in [0, 0.1) is 0 Å². The summed E-state index contributed by atoms with van der Waals surface area (Å²) < 4.78 is 0.898. The molecule has 0 atom stereocenters. The number of hydrogen-bond acceptors (Lipinski definition) is 3. The molecule has 1 saturated carbocycles. The zero-order valence-electron chi connectivity index (χ0n) is 6.79. The van der Waals surface area contributed by atoms with Crippen LogP contribution in [0.4, 0.5) is 0 Å². The van der Waals surface area contributed by atoms with Crippen LogP contribution in [0.1, 0.15) is 24.3 Å². The number of carbonyl (C=O) groups is 1. The van der Waals surface area contributed by atoms with Gasteiger partial charge in [0, 0.05) is 0 Å². The summed E-state index contributed by atoms with van der Waals surface area (Å²) in [7, 11) is 0. The van der Waals surface area contributed by atoms with Gasteiger partial charge in [0.2, 0.25) is 0 Å². The maximum atomic E-state index is 11.1. The summed E-state index contributed by atoms with van der Waals surface area (Å²) in [5, 5.41) is 9.83.